The molecule has 286 valence electrons. The molecule has 0 aliphatic carbocycles. The Morgan fingerprint density at radius 2 is 0.770 bits per heavy atom. The van der Waals surface area contributed by atoms with Crippen molar-refractivity contribution in [1.82, 2.24) is 19.6 Å². The summed E-state index contributed by atoms with van der Waals surface area (Å²) < 4.78 is 2.14. The Hall–Kier alpha value is -8.21. The summed E-state index contributed by atoms with van der Waals surface area (Å²) in [5.74, 6) is 0.688. The SMILES string of the molecule is c1ccc(-c2cccc(-c3cc(-c4ccccc4)nc(-c4ccc(-c5ccc(-c6c(-c7ccccc7)n7ncc(-c8ccccc8)c7c7ccccc67)cc5)cc4)n3)c2)cc1. The van der Waals surface area contributed by atoms with E-state index in [4.69, 9.17) is 15.1 Å². The molecule has 3 heterocycles. The topological polar surface area (TPSA) is 43.1 Å². The molecule has 0 aliphatic heterocycles. The number of rotatable bonds is 8. The van der Waals surface area contributed by atoms with Crippen LogP contribution in [0.5, 0.6) is 0 Å². The van der Waals surface area contributed by atoms with E-state index in [0.29, 0.717) is 5.82 Å². The number of hydrogen-bond donors (Lipinski definition) is 0. The summed E-state index contributed by atoms with van der Waals surface area (Å²) in [6.07, 6.45) is 2.01. The van der Waals surface area contributed by atoms with E-state index in [0.717, 1.165) is 83.8 Å². The van der Waals surface area contributed by atoms with Crippen LogP contribution in [0.25, 0.3) is 106 Å². The molecular weight excluding hydrogens is 741 g/mol. The molecule has 11 rings (SSSR count). The highest BCUT2D eigenvalue weighted by Crippen LogP contribution is 2.43. The molecule has 0 bridgehead atoms. The lowest BCUT2D eigenvalue weighted by Gasteiger charge is -2.18. The van der Waals surface area contributed by atoms with Crippen LogP contribution >= 0.6 is 0 Å². The predicted octanol–water partition coefficient (Wildman–Crippen LogP) is 14.6. The van der Waals surface area contributed by atoms with Crippen molar-refractivity contribution in [3.8, 4) is 89.7 Å². The van der Waals surface area contributed by atoms with Crippen LogP contribution in [0.15, 0.2) is 231 Å². The molecule has 61 heavy (non-hydrogen) atoms. The Morgan fingerprint density at radius 1 is 0.311 bits per heavy atom. The summed E-state index contributed by atoms with van der Waals surface area (Å²) >= 11 is 0. The van der Waals surface area contributed by atoms with E-state index in [1.54, 1.807) is 0 Å². The van der Waals surface area contributed by atoms with Gasteiger partial charge in [-0.1, -0.05) is 212 Å². The lowest BCUT2D eigenvalue weighted by molar-refractivity contribution is 0.976. The maximum absolute atomic E-state index is 5.16. The van der Waals surface area contributed by atoms with Crippen LogP contribution in [0.4, 0.5) is 0 Å². The van der Waals surface area contributed by atoms with Gasteiger partial charge < -0.3 is 0 Å². The van der Waals surface area contributed by atoms with Crippen molar-refractivity contribution in [3.63, 3.8) is 0 Å². The largest absolute Gasteiger partial charge is 0.231 e. The van der Waals surface area contributed by atoms with Gasteiger partial charge in [0.15, 0.2) is 5.82 Å². The first kappa shape index (κ1) is 35.9. The first-order valence-corrected chi connectivity index (χ1v) is 20.6. The third-order valence-corrected chi connectivity index (χ3v) is 11.5. The maximum atomic E-state index is 5.16. The maximum Gasteiger partial charge on any atom is 0.160 e. The predicted molar refractivity (Wildman–Crippen MR) is 252 cm³/mol. The molecule has 0 saturated carbocycles. The zero-order valence-electron chi connectivity index (χ0n) is 33.2. The van der Waals surface area contributed by atoms with E-state index < -0.39 is 0 Å². The molecule has 8 aromatic carbocycles. The fourth-order valence-corrected chi connectivity index (χ4v) is 8.51. The number of nitrogens with zero attached hydrogens (tertiary/aromatic N) is 4. The number of fused-ring (bicyclic) bond motifs is 3. The fourth-order valence-electron chi connectivity index (χ4n) is 8.51. The van der Waals surface area contributed by atoms with Gasteiger partial charge in [-0.05, 0) is 50.9 Å². The Balaban J connectivity index is 0.977. The van der Waals surface area contributed by atoms with Crippen molar-refractivity contribution >= 4 is 16.3 Å². The Bertz CT molecular complexity index is 3300. The van der Waals surface area contributed by atoms with Crippen LogP contribution in [-0.2, 0) is 0 Å². The molecule has 0 saturated heterocycles. The Kier molecular flexibility index (Phi) is 9.14. The summed E-state index contributed by atoms with van der Waals surface area (Å²) in [7, 11) is 0. The molecule has 0 aliphatic rings. The second-order valence-corrected chi connectivity index (χ2v) is 15.2. The monoisotopic (exact) mass is 778 g/mol. The van der Waals surface area contributed by atoms with Crippen molar-refractivity contribution in [2.45, 2.75) is 0 Å². The molecule has 0 spiro atoms. The van der Waals surface area contributed by atoms with Gasteiger partial charge in [0, 0.05) is 38.8 Å². The average molecular weight is 779 g/mol. The highest BCUT2D eigenvalue weighted by Gasteiger charge is 2.21. The van der Waals surface area contributed by atoms with Gasteiger partial charge in [0.05, 0.1) is 28.8 Å². The van der Waals surface area contributed by atoms with Gasteiger partial charge >= 0.3 is 0 Å². The van der Waals surface area contributed by atoms with E-state index in [-0.39, 0.29) is 0 Å². The molecule has 0 fully saturated rings. The second-order valence-electron chi connectivity index (χ2n) is 15.2. The smallest absolute Gasteiger partial charge is 0.160 e. The molecule has 4 heteroatoms. The molecule has 0 radical (unpaired) electrons. The molecule has 0 atom stereocenters. The van der Waals surface area contributed by atoms with Crippen molar-refractivity contribution in [2.75, 3.05) is 0 Å². The molecule has 0 N–H and O–H groups in total. The summed E-state index contributed by atoms with van der Waals surface area (Å²) in [5.41, 5.74) is 17.2. The lowest BCUT2D eigenvalue weighted by atomic mass is 9.91. The fraction of sp³-hybridized carbons (Fsp3) is 0. The number of pyridine rings is 1. The van der Waals surface area contributed by atoms with Gasteiger partial charge in [-0.3, -0.25) is 0 Å². The second kappa shape index (κ2) is 15.5. The van der Waals surface area contributed by atoms with Gasteiger partial charge in [-0.25, -0.2) is 14.5 Å². The molecular formula is C57H38N4. The lowest BCUT2D eigenvalue weighted by Crippen LogP contribution is -2.00. The Morgan fingerprint density at radius 3 is 1.41 bits per heavy atom. The third kappa shape index (κ3) is 6.76. The minimum absolute atomic E-state index is 0.688. The van der Waals surface area contributed by atoms with Crippen molar-refractivity contribution < 1.29 is 0 Å². The zero-order valence-corrected chi connectivity index (χ0v) is 33.2. The quantitative estimate of drug-likeness (QED) is 0.154. The zero-order chi connectivity index (χ0) is 40.5. The third-order valence-electron chi connectivity index (χ3n) is 11.5. The van der Waals surface area contributed by atoms with Crippen LogP contribution < -0.4 is 0 Å². The normalized spacial score (nSPS) is 11.3. The standard InChI is InChI=1S/C57H38N4/c1-5-16-39(17-6-1)47-24-15-25-48(36-47)53-37-52(43-20-9-3-10-21-43)59-57(60-53)46-34-30-41(31-35-46)40-28-32-44(33-29-40)54-49-26-13-14-27-50(49)56-51(42-18-7-2-8-19-42)38-58-61(56)55(54)45-22-11-4-12-23-45/h1-38H. The van der Waals surface area contributed by atoms with Crippen LogP contribution in [-0.4, -0.2) is 19.6 Å². The van der Waals surface area contributed by atoms with E-state index in [1.807, 2.05) is 18.3 Å². The van der Waals surface area contributed by atoms with E-state index in [2.05, 4.69) is 217 Å². The molecule has 11 aromatic rings. The van der Waals surface area contributed by atoms with Crippen LogP contribution in [0.1, 0.15) is 0 Å². The van der Waals surface area contributed by atoms with E-state index in [1.165, 1.54) is 16.3 Å². The average Bonchev–Trinajstić information content (AvgIpc) is 3.80. The van der Waals surface area contributed by atoms with E-state index >= 15 is 0 Å². The van der Waals surface area contributed by atoms with Gasteiger partial charge in [-0.15, -0.1) is 0 Å². The summed E-state index contributed by atoms with van der Waals surface area (Å²) in [6, 6.07) is 78.9. The first-order valence-electron chi connectivity index (χ1n) is 20.6. The number of benzene rings is 8. The number of hydrogen-bond acceptors (Lipinski definition) is 3. The first-order chi connectivity index (χ1) is 30.2. The van der Waals surface area contributed by atoms with Gasteiger partial charge in [-0.2, -0.15) is 5.10 Å². The molecule has 0 amide bonds. The van der Waals surface area contributed by atoms with Crippen molar-refractivity contribution in [2.24, 2.45) is 0 Å². The van der Waals surface area contributed by atoms with Crippen LogP contribution in [0, 0.1) is 0 Å². The van der Waals surface area contributed by atoms with Gasteiger partial charge in [0.2, 0.25) is 0 Å². The van der Waals surface area contributed by atoms with Crippen molar-refractivity contribution in [1.29, 1.82) is 0 Å². The summed E-state index contributed by atoms with van der Waals surface area (Å²) in [5, 5.41) is 7.43. The molecule has 0 unspecified atom stereocenters. The highest BCUT2D eigenvalue weighted by molar-refractivity contribution is 6.13. The van der Waals surface area contributed by atoms with Gasteiger partial charge in [0.25, 0.3) is 0 Å². The van der Waals surface area contributed by atoms with Crippen LogP contribution in [0.2, 0.25) is 0 Å². The summed E-state index contributed by atoms with van der Waals surface area (Å²) in [4.78, 5) is 10.3. The highest BCUT2D eigenvalue weighted by atomic mass is 15.2. The van der Waals surface area contributed by atoms with Crippen molar-refractivity contribution in [3.05, 3.63) is 231 Å². The number of aromatic nitrogens is 4. The van der Waals surface area contributed by atoms with Crippen LogP contribution in [0.3, 0.4) is 0 Å². The Labute approximate surface area is 354 Å². The van der Waals surface area contributed by atoms with Gasteiger partial charge in [0.1, 0.15) is 0 Å². The summed E-state index contributed by atoms with van der Waals surface area (Å²) in [6.45, 7) is 0. The molecule has 4 nitrogen and oxygen atoms in total. The minimum Gasteiger partial charge on any atom is -0.231 e. The minimum atomic E-state index is 0.688. The van der Waals surface area contributed by atoms with E-state index in [9.17, 15) is 0 Å². The molecule has 3 aromatic heterocycles.